The third-order valence-corrected chi connectivity index (χ3v) is 7.85. The van der Waals surface area contributed by atoms with Crippen LogP contribution < -0.4 is 9.62 Å². The summed E-state index contributed by atoms with van der Waals surface area (Å²) in [5.41, 5.74) is 4.58. The number of carbonyl (C=O) groups is 1. The van der Waals surface area contributed by atoms with Crippen molar-refractivity contribution < 1.29 is 17.9 Å². The van der Waals surface area contributed by atoms with Gasteiger partial charge in [0.15, 0.2) is 0 Å². The standard InChI is InChI=1S/C25H30N4O4S/c1-16-4-8-19(9-5-16)29-24(25(30)26-2)21-12-20(18-6-7-18)23(13-22(21)27-29)28(34(3,31)32)11-10-17-14-33-15-17/h4-5,8-9,12-13,17-18H,6-7,10-11,14-15H2,1-3H3,(H,26,30). The van der Waals surface area contributed by atoms with Crippen molar-refractivity contribution in [2.24, 2.45) is 5.92 Å². The predicted molar refractivity (Wildman–Crippen MR) is 132 cm³/mol. The van der Waals surface area contributed by atoms with E-state index in [0.717, 1.165) is 41.5 Å². The Bertz CT molecular complexity index is 1340. The molecule has 2 heterocycles. The highest BCUT2D eigenvalue weighted by atomic mass is 32.2. The molecule has 1 aromatic heterocycles. The Morgan fingerprint density at radius 3 is 2.47 bits per heavy atom. The molecular weight excluding hydrogens is 452 g/mol. The van der Waals surface area contributed by atoms with Gasteiger partial charge in [0.25, 0.3) is 5.91 Å². The second-order valence-electron chi connectivity index (χ2n) is 9.40. The SMILES string of the molecule is CNC(=O)c1c2cc(C3CC3)c(N(CCC3COC3)S(C)(=O)=O)cc2nn1-c1ccc(C)cc1. The van der Waals surface area contributed by atoms with Gasteiger partial charge in [-0.1, -0.05) is 17.7 Å². The molecule has 0 atom stereocenters. The molecule has 8 nitrogen and oxygen atoms in total. The molecule has 0 unspecified atom stereocenters. The molecule has 0 spiro atoms. The van der Waals surface area contributed by atoms with Gasteiger partial charge in [0.1, 0.15) is 5.69 Å². The maximum absolute atomic E-state index is 13.0. The quantitative estimate of drug-likeness (QED) is 0.531. The van der Waals surface area contributed by atoms with Crippen LogP contribution in [0, 0.1) is 12.8 Å². The van der Waals surface area contributed by atoms with Crippen molar-refractivity contribution >= 4 is 32.5 Å². The monoisotopic (exact) mass is 482 g/mol. The number of nitrogens with zero attached hydrogens (tertiary/aromatic N) is 3. The van der Waals surface area contributed by atoms with E-state index in [2.05, 4.69) is 5.32 Å². The van der Waals surface area contributed by atoms with Crippen LogP contribution in [0.25, 0.3) is 16.6 Å². The van der Waals surface area contributed by atoms with E-state index in [1.807, 2.05) is 43.3 Å². The van der Waals surface area contributed by atoms with Gasteiger partial charge < -0.3 is 10.1 Å². The number of aryl methyl sites for hydroxylation is 1. The van der Waals surface area contributed by atoms with Crippen molar-refractivity contribution in [3.05, 3.63) is 53.2 Å². The molecule has 3 aromatic rings. The van der Waals surface area contributed by atoms with Gasteiger partial charge in [-0.15, -0.1) is 0 Å². The molecule has 1 amide bonds. The summed E-state index contributed by atoms with van der Waals surface area (Å²) in [5.74, 6) is 0.441. The van der Waals surface area contributed by atoms with E-state index < -0.39 is 10.0 Å². The zero-order chi connectivity index (χ0) is 24.0. The van der Waals surface area contributed by atoms with Crippen molar-refractivity contribution in [1.82, 2.24) is 15.1 Å². The normalized spacial score (nSPS) is 16.4. The summed E-state index contributed by atoms with van der Waals surface area (Å²) in [6.07, 6.45) is 4.02. The van der Waals surface area contributed by atoms with Gasteiger partial charge in [-0.2, -0.15) is 5.10 Å². The fraction of sp³-hybridized carbons (Fsp3) is 0.440. The van der Waals surface area contributed by atoms with Crippen LogP contribution in [-0.2, 0) is 14.8 Å². The van der Waals surface area contributed by atoms with Crippen molar-refractivity contribution in [2.45, 2.75) is 32.1 Å². The Morgan fingerprint density at radius 2 is 1.91 bits per heavy atom. The third-order valence-electron chi connectivity index (χ3n) is 6.67. The van der Waals surface area contributed by atoms with Crippen LogP contribution >= 0.6 is 0 Å². The summed E-state index contributed by atoms with van der Waals surface area (Å²) in [7, 11) is -1.89. The number of anilines is 1. The van der Waals surface area contributed by atoms with E-state index in [-0.39, 0.29) is 11.8 Å². The maximum atomic E-state index is 13.0. The second kappa shape index (κ2) is 8.70. The Kier molecular flexibility index (Phi) is 5.85. The minimum Gasteiger partial charge on any atom is -0.381 e. The first-order valence-corrected chi connectivity index (χ1v) is 13.5. The zero-order valence-corrected chi connectivity index (χ0v) is 20.6. The lowest BCUT2D eigenvalue weighted by Gasteiger charge is -2.30. The van der Waals surface area contributed by atoms with Crippen LogP contribution in [-0.4, -0.2) is 57.2 Å². The largest absolute Gasteiger partial charge is 0.381 e. The number of hydrogen-bond acceptors (Lipinski definition) is 5. The highest BCUT2D eigenvalue weighted by Gasteiger charge is 2.33. The van der Waals surface area contributed by atoms with Gasteiger partial charge in [0.05, 0.1) is 36.4 Å². The van der Waals surface area contributed by atoms with Crippen molar-refractivity contribution in [3.63, 3.8) is 0 Å². The van der Waals surface area contributed by atoms with Gasteiger partial charge in [0, 0.05) is 24.9 Å². The predicted octanol–water partition coefficient (Wildman–Crippen LogP) is 3.37. The number of sulfonamides is 1. The highest BCUT2D eigenvalue weighted by molar-refractivity contribution is 7.92. The van der Waals surface area contributed by atoms with Crippen LogP contribution in [0.15, 0.2) is 36.4 Å². The molecule has 1 aliphatic carbocycles. The van der Waals surface area contributed by atoms with E-state index in [1.165, 1.54) is 10.6 Å². The first kappa shape index (κ1) is 22.9. The lowest BCUT2D eigenvalue weighted by Crippen LogP contribution is -2.36. The van der Waals surface area contributed by atoms with Crippen LogP contribution in [0.5, 0.6) is 0 Å². The lowest BCUT2D eigenvalue weighted by molar-refractivity contribution is -0.0340. The number of rotatable bonds is 8. The maximum Gasteiger partial charge on any atom is 0.270 e. The molecule has 1 aliphatic heterocycles. The van der Waals surface area contributed by atoms with E-state index in [1.54, 1.807) is 11.7 Å². The zero-order valence-electron chi connectivity index (χ0n) is 19.7. The molecule has 1 N–H and O–H groups in total. The minimum atomic E-state index is -3.50. The molecular formula is C25H30N4O4S. The Morgan fingerprint density at radius 1 is 1.21 bits per heavy atom. The molecule has 2 aromatic carbocycles. The molecule has 180 valence electrons. The van der Waals surface area contributed by atoms with Gasteiger partial charge in [0.2, 0.25) is 10.0 Å². The molecule has 0 radical (unpaired) electrons. The van der Waals surface area contributed by atoms with Gasteiger partial charge in [-0.05, 0) is 61.9 Å². The van der Waals surface area contributed by atoms with Gasteiger partial charge in [-0.25, -0.2) is 13.1 Å². The molecule has 2 aliphatic rings. The number of nitrogens with one attached hydrogen (secondary N) is 1. The van der Waals surface area contributed by atoms with Crippen LogP contribution in [0.2, 0.25) is 0 Å². The summed E-state index contributed by atoms with van der Waals surface area (Å²) in [4.78, 5) is 13.0. The highest BCUT2D eigenvalue weighted by Crippen LogP contribution is 2.46. The van der Waals surface area contributed by atoms with E-state index in [9.17, 15) is 13.2 Å². The van der Waals surface area contributed by atoms with Crippen molar-refractivity contribution in [1.29, 1.82) is 0 Å². The third kappa shape index (κ3) is 4.30. The summed E-state index contributed by atoms with van der Waals surface area (Å²) in [6, 6.07) is 11.6. The smallest absolute Gasteiger partial charge is 0.270 e. The van der Waals surface area contributed by atoms with E-state index >= 15 is 0 Å². The summed E-state index contributed by atoms with van der Waals surface area (Å²) in [5, 5.41) is 8.23. The van der Waals surface area contributed by atoms with Crippen LogP contribution in [0.4, 0.5) is 5.69 Å². The topological polar surface area (TPSA) is 93.5 Å². The number of benzene rings is 2. The number of carbonyl (C=O) groups excluding carboxylic acids is 1. The van der Waals surface area contributed by atoms with E-state index in [4.69, 9.17) is 9.84 Å². The first-order valence-electron chi connectivity index (χ1n) is 11.7. The molecule has 0 bridgehead atoms. The summed E-state index contributed by atoms with van der Waals surface area (Å²) < 4.78 is 34.2. The molecule has 1 saturated heterocycles. The minimum absolute atomic E-state index is 0.234. The van der Waals surface area contributed by atoms with Crippen molar-refractivity contribution in [2.75, 3.05) is 37.4 Å². The number of ether oxygens (including phenoxy) is 1. The molecule has 9 heteroatoms. The second-order valence-corrected chi connectivity index (χ2v) is 11.3. The van der Waals surface area contributed by atoms with Crippen molar-refractivity contribution in [3.8, 4) is 5.69 Å². The molecule has 34 heavy (non-hydrogen) atoms. The number of fused-ring (bicyclic) bond motifs is 1. The summed E-state index contributed by atoms with van der Waals surface area (Å²) >= 11 is 0. The molecule has 2 fully saturated rings. The Balaban J connectivity index is 1.68. The first-order chi connectivity index (χ1) is 16.3. The number of aromatic nitrogens is 2. The average molecular weight is 483 g/mol. The molecule has 5 rings (SSSR count). The number of hydrogen-bond donors (Lipinski definition) is 1. The lowest BCUT2D eigenvalue weighted by atomic mass is 10.0. The summed E-state index contributed by atoms with van der Waals surface area (Å²) in [6.45, 7) is 3.77. The van der Waals surface area contributed by atoms with Crippen LogP contribution in [0.1, 0.15) is 46.8 Å². The fourth-order valence-electron chi connectivity index (χ4n) is 4.50. The Hall–Kier alpha value is -2.91. The number of amides is 1. The molecule has 1 saturated carbocycles. The van der Waals surface area contributed by atoms with Gasteiger partial charge >= 0.3 is 0 Å². The van der Waals surface area contributed by atoms with E-state index in [0.29, 0.717) is 42.6 Å². The van der Waals surface area contributed by atoms with Gasteiger partial charge in [-0.3, -0.25) is 9.10 Å². The van der Waals surface area contributed by atoms with Crippen LogP contribution in [0.3, 0.4) is 0 Å². The fourth-order valence-corrected chi connectivity index (χ4v) is 5.45. The average Bonchev–Trinajstić information content (AvgIpc) is 3.54. The Labute approximate surface area is 199 Å².